The van der Waals surface area contributed by atoms with Crippen LogP contribution in [0.4, 0.5) is 10.5 Å². The van der Waals surface area contributed by atoms with Crippen molar-refractivity contribution in [3.63, 3.8) is 0 Å². The summed E-state index contributed by atoms with van der Waals surface area (Å²) in [7, 11) is 0. The number of nitrogens with zero attached hydrogens (tertiary/aromatic N) is 1. The Kier molecular flexibility index (Phi) is 6.89. The summed E-state index contributed by atoms with van der Waals surface area (Å²) in [6, 6.07) is 14.4. The monoisotopic (exact) mass is 414 g/mol. The van der Waals surface area contributed by atoms with Crippen LogP contribution in [0.3, 0.4) is 0 Å². The highest BCUT2D eigenvalue weighted by Gasteiger charge is 2.19. The summed E-state index contributed by atoms with van der Waals surface area (Å²) in [4.78, 5) is 28.2. The number of carbonyl (C=O) groups is 2. The minimum atomic E-state index is -0.701. The highest BCUT2D eigenvalue weighted by Crippen LogP contribution is 2.24. The Balaban J connectivity index is 1.62. The van der Waals surface area contributed by atoms with Gasteiger partial charge in [-0.15, -0.1) is 11.3 Å². The molecule has 0 saturated heterocycles. The van der Waals surface area contributed by atoms with Gasteiger partial charge in [0.05, 0.1) is 15.2 Å². The van der Waals surface area contributed by atoms with Crippen molar-refractivity contribution in [1.82, 2.24) is 10.3 Å². The molecule has 0 spiro atoms. The molecule has 3 amide bonds. The zero-order valence-corrected chi connectivity index (χ0v) is 17.1. The van der Waals surface area contributed by atoms with Crippen molar-refractivity contribution in [3.05, 3.63) is 59.1 Å². The van der Waals surface area contributed by atoms with Crippen LogP contribution < -0.4 is 16.4 Å². The topological polar surface area (TPSA) is 97.1 Å². The van der Waals surface area contributed by atoms with Crippen molar-refractivity contribution in [2.75, 3.05) is 17.3 Å². The lowest BCUT2D eigenvalue weighted by Crippen LogP contribution is -2.46. The zero-order chi connectivity index (χ0) is 19.9. The molecule has 0 radical (unpaired) electrons. The molecule has 1 atom stereocenters. The van der Waals surface area contributed by atoms with Gasteiger partial charge < -0.3 is 16.4 Å². The average Bonchev–Trinajstić information content (AvgIpc) is 3.08. The first kappa shape index (κ1) is 20.2. The van der Waals surface area contributed by atoms with Crippen LogP contribution in [0.15, 0.2) is 48.5 Å². The number of rotatable bonds is 8. The maximum atomic E-state index is 12.4. The second-order valence-electron chi connectivity index (χ2n) is 6.28. The van der Waals surface area contributed by atoms with E-state index in [1.807, 2.05) is 48.7 Å². The van der Waals surface area contributed by atoms with Crippen LogP contribution in [0.25, 0.3) is 10.2 Å². The molecule has 0 fully saturated rings. The number of hydrogen-bond acceptors (Lipinski definition) is 5. The number of nitrogens with two attached hydrogens (primary N) is 1. The van der Waals surface area contributed by atoms with Gasteiger partial charge in [0, 0.05) is 12.1 Å². The lowest BCUT2D eigenvalue weighted by Gasteiger charge is -2.17. The molecule has 0 aliphatic carbocycles. The van der Waals surface area contributed by atoms with Crippen LogP contribution in [0.5, 0.6) is 0 Å². The Morgan fingerprint density at radius 2 is 1.93 bits per heavy atom. The maximum Gasteiger partial charge on any atom is 0.312 e. The summed E-state index contributed by atoms with van der Waals surface area (Å²) in [5.41, 5.74) is 7.99. The normalized spacial score (nSPS) is 11.9. The lowest BCUT2D eigenvalue weighted by atomic mass is 10.1. The standard InChI is InChI=1S/C20H22N4O2S2/c1-27-11-10-16(24-20(21)26)19(25)22-14-8-6-13(7-9-14)12-18-23-15-4-2-3-5-17(15)28-18/h2-9,16H,10-12H2,1H3,(H,22,25)(H3,21,24,26)/t16-/m0/s1. The van der Waals surface area contributed by atoms with Crippen molar-refractivity contribution >= 4 is 50.9 Å². The molecule has 2 aromatic carbocycles. The molecule has 0 bridgehead atoms. The van der Waals surface area contributed by atoms with Crippen molar-refractivity contribution in [1.29, 1.82) is 0 Å². The Bertz CT molecular complexity index is 923. The fraction of sp³-hybridized carbons (Fsp3) is 0.250. The van der Waals surface area contributed by atoms with E-state index in [-0.39, 0.29) is 5.91 Å². The van der Waals surface area contributed by atoms with E-state index >= 15 is 0 Å². The van der Waals surface area contributed by atoms with Crippen LogP contribution in [-0.4, -0.2) is 35.0 Å². The molecule has 0 aliphatic rings. The Morgan fingerprint density at radius 3 is 2.61 bits per heavy atom. The number of amides is 3. The first-order valence-electron chi connectivity index (χ1n) is 8.84. The van der Waals surface area contributed by atoms with Crippen molar-refractivity contribution in [3.8, 4) is 0 Å². The van der Waals surface area contributed by atoms with E-state index in [2.05, 4.69) is 21.7 Å². The molecular formula is C20H22N4O2S2. The minimum absolute atomic E-state index is 0.272. The Morgan fingerprint density at radius 1 is 1.18 bits per heavy atom. The van der Waals surface area contributed by atoms with Crippen LogP contribution in [0, 0.1) is 0 Å². The molecular weight excluding hydrogens is 392 g/mol. The third-order valence-electron chi connectivity index (χ3n) is 4.16. The Labute approximate surface area is 171 Å². The van der Waals surface area contributed by atoms with Gasteiger partial charge in [-0.25, -0.2) is 9.78 Å². The Hall–Kier alpha value is -2.58. The second kappa shape index (κ2) is 9.57. The van der Waals surface area contributed by atoms with Gasteiger partial charge in [0.2, 0.25) is 5.91 Å². The number of thiazole rings is 1. The van der Waals surface area contributed by atoms with E-state index in [4.69, 9.17) is 5.73 Å². The van der Waals surface area contributed by atoms with E-state index in [0.717, 1.165) is 28.3 Å². The van der Waals surface area contributed by atoms with Gasteiger partial charge in [0.1, 0.15) is 6.04 Å². The van der Waals surface area contributed by atoms with E-state index in [1.54, 1.807) is 23.1 Å². The van der Waals surface area contributed by atoms with Gasteiger partial charge in [-0.1, -0.05) is 24.3 Å². The molecule has 1 heterocycles. The number of thioether (sulfide) groups is 1. The SMILES string of the molecule is CSCC[C@H](NC(N)=O)C(=O)Nc1ccc(Cc2nc3ccccc3s2)cc1. The van der Waals surface area contributed by atoms with Crippen molar-refractivity contribution < 1.29 is 9.59 Å². The van der Waals surface area contributed by atoms with E-state index in [1.165, 1.54) is 4.70 Å². The van der Waals surface area contributed by atoms with E-state index < -0.39 is 12.1 Å². The van der Waals surface area contributed by atoms with Crippen molar-refractivity contribution in [2.24, 2.45) is 5.73 Å². The molecule has 4 N–H and O–H groups in total. The maximum absolute atomic E-state index is 12.4. The second-order valence-corrected chi connectivity index (χ2v) is 8.38. The molecule has 8 heteroatoms. The number of carbonyl (C=O) groups excluding carboxylic acids is 2. The van der Waals surface area contributed by atoms with Crippen molar-refractivity contribution in [2.45, 2.75) is 18.9 Å². The summed E-state index contributed by atoms with van der Waals surface area (Å²) < 4.78 is 1.18. The molecule has 3 rings (SSSR count). The number of hydrogen-bond donors (Lipinski definition) is 3. The smallest absolute Gasteiger partial charge is 0.312 e. The third kappa shape index (κ3) is 5.46. The predicted octanol–water partition coefficient (Wildman–Crippen LogP) is 3.62. The largest absolute Gasteiger partial charge is 0.352 e. The molecule has 0 unspecified atom stereocenters. The number of anilines is 1. The summed E-state index contributed by atoms with van der Waals surface area (Å²) >= 11 is 3.30. The van der Waals surface area contributed by atoms with E-state index in [0.29, 0.717) is 12.1 Å². The minimum Gasteiger partial charge on any atom is -0.352 e. The highest BCUT2D eigenvalue weighted by molar-refractivity contribution is 7.98. The van der Waals surface area contributed by atoms with Gasteiger partial charge >= 0.3 is 6.03 Å². The average molecular weight is 415 g/mol. The summed E-state index contributed by atoms with van der Waals surface area (Å²) in [5.74, 6) is 0.478. The molecule has 0 saturated carbocycles. The quantitative estimate of drug-likeness (QED) is 0.524. The highest BCUT2D eigenvalue weighted by atomic mass is 32.2. The van der Waals surface area contributed by atoms with Crippen LogP contribution in [0.2, 0.25) is 0 Å². The molecule has 6 nitrogen and oxygen atoms in total. The van der Waals surface area contributed by atoms with Crippen LogP contribution in [-0.2, 0) is 11.2 Å². The van der Waals surface area contributed by atoms with Gasteiger partial charge in [0.15, 0.2) is 0 Å². The number of aromatic nitrogens is 1. The number of para-hydroxylation sites is 1. The van der Waals surface area contributed by atoms with Gasteiger partial charge in [-0.05, 0) is 48.3 Å². The van der Waals surface area contributed by atoms with Gasteiger partial charge in [-0.3, -0.25) is 4.79 Å². The lowest BCUT2D eigenvalue weighted by molar-refractivity contribution is -0.117. The molecule has 0 aliphatic heterocycles. The predicted molar refractivity (Wildman–Crippen MR) is 117 cm³/mol. The first-order chi connectivity index (χ1) is 13.5. The number of primary amides is 1. The summed E-state index contributed by atoms with van der Waals surface area (Å²) in [6.07, 6.45) is 3.21. The molecule has 3 aromatic rings. The van der Waals surface area contributed by atoms with Crippen LogP contribution in [0.1, 0.15) is 17.0 Å². The number of urea groups is 1. The number of nitrogens with one attached hydrogen (secondary N) is 2. The zero-order valence-electron chi connectivity index (χ0n) is 15.5. The molecule has 146 valence electrons. The molecule has 28 heavy (non-hydrogen) atoms. The number of fused-ring (bicyclic) bond motifs is 1. The summed E-state index contributed by atoms with van der Waals surface area (Å²) in [5, 5.41) is 6.39. The fourth-order valence-corrected chi connectivity index (χ4v) is 4.25. The number of benzene rings is 2. The fourth-order valence-electron chi connectivity index (χ4n) is 2.78. The van der Waals surface area contributed by atoms with Crippen LogP contribution >= 0.6 is 23.1 Å². The van der Waals surface area contributed by atoms with Gasteiger partial charge in [0.25, 0.3) is 0 Å². The van der Waals surface area contributed by atoms with E-state index in [9.17, 15) is 9.59 Å². The van der Waals surface area contributed by atoms with Gasteiger partial charge in [-0.2, -0.15) is 11.8 Å². The summed E-state index contributed by atoms with van der Waals surface area (Å²) in [6.45, 7) is 0. The first-order valence-corrected chi connectivity index (χ1v) is 11.1. The molecule has 1 aromatic heterocycles. The third-order valence-corrected chi connectivity index (χ3v) is 5.84.